The predicted octanol–water partition coefficient (Wildman–Crippen LogP) is 1.81. The summed E-state index contributed by atoms with van der Waals surface area (Å²) < 4.78 is 0. The molecular formula is C18H27N5O3. The molecule has 0 bridgehead atoms. The zero-order valence-corrected chi connectivity index (χ0v) is 15.3. The molecule has 1 saturated heterocycles. The second kappa shape index (κ2) is 8.44. The number of hydrogen-bond acceptors (Lipinski definition) is 6. The summed E-state index contributed by atoms with van der Waals surface area (Å²) in [7, 11) is 0. The summed E-state index contributed by atoms with van der Waals surface area (Å²) >= 11 is 0. The molecule has 26 heavy (non-hydrogen) atoms. The van der Waals surface area contributed by atoms with Crippen LogP contribution in [-0.4, -0.2) is 59.5 Å². The predicted molar refractivity (Wildman–Crippen MR) is 99.1 cm³/mol. The van der Waals surface area contributed by atoms with Crippen molar-refractivity contribution < 1.29 is 9.72 Å². The maximum atomic E-state index is 12.3. The van der Waals surface area contributed by atoms with Crippen LogP contribution in [0, 0.1) is 16.0 Å². The van der Waals surface area contributed by atoms with Crippen LogP contribution in [0.1, 0.15) is 32.6 Å². The van der Waals surface area contributed by atoms with Gasteiger partial charge in [0.25, 0.3) is 0 Å². The third-order valence-electron chi connectivity index (χ3n) is 5.48. The number of nitrogens with zero attached hydrogens (tertiary/aromatic N) is 4. The van der Waals surface area contributed by atoms with Gasteiger partial charge in [0.15, 0.2) is 6.20 Å². The van der Waals surface area contributed by atoms with E-state index in [9.17, 15) is 14.9 Å². The summed E-state index contributed by atoms with van der Waals surface area (Å²) in [6.07, 6.45) is 6.32. The van der Waals surface area contributed by atoms with Crippen LogP contribution in [0.5, 0.6) is 0 Å². The quantitative estimate of drug-likeness (QED) is 0.635. The number of anilines is 1. The summed E-state index contributed by atoms with van der Waals surface area (Å²) in [6.45, 7) is 5.82. The van der Waals surface area contributed by atoms with Crippen LogP contribution in [0.4, 0.5) is 11.5 Å². The van der Waals surface area contributed by atoms with Crippen LogP contribution >= 0.6 is 0 Å². The monoisotopic (exact) mass is 361 g/mol. The number of amides is 1. The van der Waals surface area contributed by atoms with Gasteiger partial charge in [-0.15, -0.1) is 0 Å². The zero-order chi connectivity index (χ0) is 18.5. The fourth-order valence-corrected chi connectivity index (χ4v) is 3.82. The molecule has 0 radical (unpaired) electrons. The number of aromatic nitrogens is 1. The van der Waals surface area contributed by atoms with Crippen molar-refractivity contribution in [1.82, 2.24) is 15.2 Å². The molecule has 142 valence electrons. The number of pyridine rings is 1. The molecule has 2 heterocycles. The van der Waals surface area contributed by atoms with Crippen molar-refractivity contribution in [2.24, 2.45) is 5.92 Å². The van der Waals surface area contributed by atoms with E-state index in [0.717, 1.165) is 38.3 Å². The number of piperazine rings is 1. The molecule has 1 aliphatic heterocycles. The van der Waals surface area contributed by atoms with Crippen molar-refractivity contribution in [1.29, 1.82) is 0 Å². The van der Waals surface area contributed by atoms with Crippen LogP contribution in [0.25, 0.3) is 0 Å². The summed E-state index contributed by atoms with van der Waals surface area (Å²) in [4.78, 5) is 30.7. The number of nitro groups is 1. The first kappa shape index (κ1) is 18.6. The van der Waals surface area contributed by atoms with E-state index in [1.807, 2.05) is 0 Å². The smallest absolute Gasteiger partial charge is 0.363 e. The van der Waals surface area contributed by atoms with E-state index in [-0.39, 0.29) is 11.7 Å². The first-order valence-electron chi connectivity index (χ1n) is 9.40. The Balaban J connectivity index is 1.44. The number of nitrogens with one attached hydrogen (secondary N) is 1. The second-order valence-corrected chi connectivity index (χ2v) is 7.33. The van der Waals surface area contributed by atoms with Crippen molar-refractivity contribution >= 4 is 17.4 Å². The van der Waals surface area contributed by atoms with Crippen molar-refractivity contribution in [2.75, 3.05) is 37.6 Å². The van der Waals surface area contributed by atoms with Crippen molar-refractivity contribution in [3.05, 3.63) is 28.4 Å². The van der Waals surface area contributed by atoms with E-state index in [0.29, 0.717) is 18.5 Å². The topological polar surface area (TPSA) is 91.6 Å². The van der Waals surface area contributed by atoms with Gasteiger partial charge in [0.2, 0.25) is 5.91 Å². The number of carbonyl (C=O) groups excluding carboxylic acids is 1. The van der Waals surface area contributed by atoms with Crippen LogP contribution in [-0.2, 0) is 4.79 Å². The fraction of sp³-hybridized carbons (Fsp3) is 0.667. The van der Waals surface area contributed by atoms with Gasteiger partial charge >= 0.3 is 5.82 Å². The molecule has 1 N–H and O–H groups in total. The van der Waals surface area contributed by atoms with Gasteiger partial charge in [-0.3, -0.25) is 9.69 Å². The zero-order valence-electron chi connectivity index (χ0n) is 15.3. The Morgan fingerprint density at radius 2 is 2.00 bits per heavy atom. The normalized spacial score (nSPS) is 24.3. The SMILES string of the molecule is C[C@@H]1CCCC[C@H]1NC(=O)CN1CCN(c2ccc([N+](=O)[O-])nc2)CC1. The van der Waals surface area contributed by atoms with Crippen LogP contribution in [0.2, 0.25) is 0 Å². The number of rotatable bonds is 5. The highest BCUT2D eigenvalue weighted by Gasteiger charge is 2.25. The standard InChI is InChI=1S/C18H27N5O3/c1-14-4-2-3-5-16(14)20-18(24)13-21-8-10-22(11-9-21)15-6-7-17(19-12-15)23(25)26/h6-7,12,14,16H,2-5,8-11,13H2,1H3,(H,20,24)/t14-,16-/m1/s1. The molecule has 2 aliphatic rings. The van der Waals surface area contributed by atoms with E-state index in [2.05, 4.69) is 27.0 Å². The van der Waals surface area contributed by atoms with Crippen molar-refractivity contribution in [3.63, 3.8) is 0 Å². The highest BCUT2D eigenvalue weighted by Crippen LogP contribution is 2.23. The maximum Gasteiger partial charge on any atom is 0.363 e. The minimum atomic E-state index is -0.493. The van der Waals surface area contributed by atoms with E-state index >= 15 is 0 Å². The Morgan fingerprint density at radius 3 is 2.62 bits per heavy atom. The molecule has 0 aromatic carbocycles. The minimum Gasteiger partial charge on any atom is -0.366 e. The van der Waals surface area contributed by atoms with Gasteiger partial charge in [0.1, 0.15) is 0 Å². The number of hydrogen-bond donors (Lipinski definition) is 1. The highest BCUT2D eigenvalue weighted by atomic mass is 16.6. The summed E-state index contributed by atoms with van der Waals surface area (Å²) in [5.41, 5.74) is 0.885. The van der Waals surface area contributed by atoms with Crippen LogP contribution in [0.3, 0.4) is 0 Å². The van der Waals surface area contributed by atoms with Gasteiger partial charge in [-0.2, -0.15) is 0 Å². The molecule has 2 fully saturated rings. The molecule has 0 spiro atoms. The molecule has 8 heteroatoms. The van der Waals surface area contributed by atoms with E-state index in [4.69, 9.17) is 0 Å². The van der Waals surface area contributed by atoms with Crippen molar-refractivity contribution in [2.45, 2.75) is 38.6 Å². The Morgan fingerprint density at radius 1 is 1.27 bits per heavy atom. The van der Waals surface area contributed by atoms with Gasteiger partial charge in [-0.1, -0.05) is 19.8 Å². The molecule has 1 aromatic heterocycles. The lowest BCUT2D eigenvalue weighted by Crippen LogP contribution is -2.51. The van der Waals surface area contributed by atoms with Gasteiger partial charge in [0, 0.05) is 38.3 Å². The summed E-state index contributed by atoms with van der Waals surface area (Å²) in [6, 6.07) is 3.49. The second-order valence-electron chi connectivity index (χ2n) is 7.33. The molecular weight excluding hydrogens is 334 g/mol. The molecule has 1 amide bonds. The van der Waals surface area contributed by atoms with Crippen LogP contribution in [0.15, 0.2) is 18.3 Å². The Labute approximate surface area is 153 Å². The van der Waals surface area contributed by atoms with Gasteiger partial charge in [-0.25, -0.2) is 0 Å². The van der Waals surface area contributed by atoms with Gasteiger partial charge in [0.05, 0.1) is 12.2 Å². The average molecular weight is 361 g/mol. The van der Waals surface area contributed by atoms with Crippen LogP contribution < -0.4 is 10.2 Å². The first-order valence-corrected chi connectivity index (χ1v) is 9.40. The number of carbonyl (C=O) groups is 1. The fourth-order valence-electron chi connectivity index (χ4n) is 3.82. The molecule has 1 aromatic rings. The lowest BCUT2D eigenvalue weighted by molar-refractivity contribution is -0.389. The third-order valence-corrected chi connectivity index (χ3v) is 5.48. The molecule has 8 nitrogen and oxygen atoms in total. The first-order chi connectivity index (χ1) is 12.5. The Kier molecular flexibility index (Phi) is 6.03. The largest absolute Gasteiger partial charge is 0.366 e. The Hall–Kier alpha value is -2.22. The molecule has 1 aliphatic carbocycles. The summed E-state index contributed by atoms with van der Waals surface area (Å²) in [5, 5.41) is 13.9. The molecule has 3 rings (SSSR count). The maximum absolute atomic E-state index is 12.3. The van der Waals surface area contributed by atoms with E-state index < -0.39 is 4.92 Å². The molecule has 1 saturated carbocycles. The lowest BCUT2D eigenvalue weighted by atomic mass is 9.86. The average Bonchev–Trinajstić information content (AvgIpc) is 2.64. The minimum absolute atomic E-state index is 0.120. The highest BCUT2D eigenvalue weighted by molar-refractivity contribution is 5.78. The molecule has 0 unspecified atom stereocenters. The molecule has 2 atom stereocenters. The Bertz CT molecular complexity index is 628. The summed E-state index contributed by atoms with van der Waals surface area (Å²) in [5.74, 6) is 0.550. The van der Waals surface area contributed by atoms with Gasteiger partial charge < -0.3 is 20.3 Å². The lowest BCUT2D eigenvalue weighted by Gasteiger charge is -2.36. The van der Waals surface area contributed by atoms with Crippen molar-refractivity contribution in [3.8, 4) is 0 Å². The van der Waals surface area contributed by atoms with E-state index in [1.165, 1.54) is 25.3 Å². The van der Waals surface area contributed by atoms with Gasteiger partial charge in [-0.05, 0) is 34.7 Å². The van der Waals surface area contributed by atoms with E-state index in [1.54, 1.807) is 12.3 Å². The third kappa shape index (κ3) is 4.69.